The van der Waals surface area contributed by atoms with E-state index < -0.39 is 18.0 Å². The minimum atomic E-state index is -0.809. The van der Waals surface area contributed by atoms with Crippen molar-refractivity contribution in [1.29, 1.82) is 0 Å². The van der Waals surface area contributed by atoms with Crippen molar-refractivity contribution in [3.63, 3.8) is 0 Å². The SMILES string of the molecule is COC(=O)c1cc(NC(=O)Oc2ccc3cc(-c4nc(-c5ccccc5)[nH]c4-c4ccncc4)ccc3c2)cc(C(=O)OC)c1. The van der Waals surface area contributed by atoms with E-state index in [1.807, 2.05) is 66.7 Å². The summed E-state index contributed by atoms with van der Waals surface area (Å²) < 4.78 is 15.0. The van der Waals surface area contributed by atoms with Gasteiger partial charge in [0.1, 0.15) is 11.6 Å². The molecule has 45 heavy (non-hydrogen) atoms. The monoisotopic (exact) mass is 598 g/mol. The number of carbonyl (C=O) groups excluding carboxylic acids is 3. The molecule has 2 N–H and O–H groups in total. The van der Waals surface area contributed by atoms with Gasteiger partial charge < -0.3 is 19.2 Å². The lowest BCUT2D eigenvalue weighted by atomic mass is 10.0. The van der Waals surface area contributed by atoms with E-state index in [0.717, 1.165) is 44.7 Å². The van der Waals surface area contributed by atoms with Gasteiger partial charge in [-0.05, 0) is 59.3 Å². The van der Waals surface area contributed by atoms with Crippen LogP contribution >= 0.6 is 0 Å². The van der Waals surface area contributed by atoms with Crippen LogP contribution in [0.1, 0.15) is 20.7 Å². The van der Waals surface area contributed by atoms with E-state index in [4.69, 9.17) is 19.2 Å². The van der Waals surface area contributed by atoms with Crippen LogP contribution in [0.2, 0.25) is 0 Å². The summed E-state index contributed by atoms with van der Waals surface area (Å²) in [5.74, 6) is -0.299. The molecule has 0 radical (unpaired) electrons. The van der Waals surface area contributed by atoms with Crippen molar-refractivity contribution in [2.75, 3.05) is 19.5 Å². The van der Waals surface area contributed by atoms with E-state index in [1.165, 1.54) is 32.4 Å². The summed E-state index contributed by atoms with van der Waals surface area (Å²) in [6.45, 7) is 0. The maximum absolute atomic E-state index is 12.8. The maximum atomic E-state index is 12.8. The molecule has 6 rings (SSSR count). The zero-order valence-electron chi connectivity index (χ0n) is 24.2. The second-order valence-corrected chi connectivity index (χ2v) is 9.93. The standard InChI is InChI=1S/C35H26N4O6/c1-43-33(40)26-17-27(34(41)44-2)19-28(18-26)37-35(42)45-29-11-10-23-16-25(9-8-24(23)20-29)31-30(21-12-14-36-15-13-21)38-32(39-31)22-6-4-3-5-7-22/h3-20H,1-2H3,(H,37,42)(H,38,39). The van der Waals surface area contributed by atoms with E-state index in [-0.39, 0.29) is 16.8 Å². The van der Waals surface area contributed by atoms with Crippen LogP contribution in [0, 0.1) is 0 Å². The summed E-state index contributed by atoms with van der Waals surface area (Å²) in [6.07, 6.45) is 2.68. The number of hydrogen-bond acceptors (Lipinski definition) is 8. The Hall–Kier alpha value is -6.29. The Morgan fingerprint density at radius 3 is 2.04 bits per heavy atom. The van der Waals surface area contributed by atoms with Gasteiger partial charge in [-0.2, -0.15) is 0 Å². The third-order valence-corrected chi connectivity index (χ3v) is 7.04. The Balaban J connectivity index is 1.26. The summed E-state index contributed by atoms with van der Waals surface area (Å²) in [5.41, 5.74) is 4.80. The van der Waals surface area contributed by atoms with Gasteiger partial charge in [0.25, 0.3) is 0 Å². The molecule has 0 bridgehead atoms. The topological polar surface area (TPSA) is 132 Å². The van der Waals surface area contributed by atoms with Gasteiger partial charge in [-0.1, -0.05) is 48.5 Å². The number of pyridine rings is 1. The molecule has 1 amide bonds. The van der Waals surface area contributed by atoms with E-state index in [2.05, 4.69) is 15.3 Å². The number of anilines is 1. The van der Waals surface area contributed by atoms with Gasteiger partial charge >= 0.3 is 18.0 Å². The average molecular weight is 599 g/mol. The number of ether oxygens (including phenoxy) is 3. The summed E-state index contributed by atoms with van der Waals surface area (Å²) in [7, 11) is 2.43. The lowest BCUT2D eigenvalue weighted by Gasteiger charge is -2.11. The van der Waals surface area contributed by atoms with Crippen molar-refractivity contribution < 1.29 is 28.6 Å². The number of fused-ring (bicyclic) bond motifs is 1. The molecular weight excluding hydrogens is 572 g/mol. The maximum Gasteiger partial charge on any atom is 0.417 e. The number of nitrogens with zero attached hydrogens (tertiary/aromatic N) is 2. The van der Waals surface area contributed by atoms with E-state index in [0.29, 0.717) is 5.75 Å². The number of carbonyl (C=O) groups is 3. The average Bonchev–Trinajstić information content (AvgIpc) is 3.53. The van der Waals surface area contributed by atoms with Gasteiger partial charge in [-0.25, -0.2) is 19.4 Å². The van der Waals surface area contributed by atoms with Gasteiger partial charge in [-0.15, -0.1) is 0 Å². The highest BCUT2D eigenvalue weighted by Crippen LogP contribution is 2.35. The zero-order chi connectivity index (χ0) is 31.3. The number of imidazole rings is 1. The quantitative estimate of drug-likeness (QED) is 0.185. The van der Waals surface area contributed by atoms with Gasteiger partial charge in [0.2, 0.25) is 0 Å². The summed E-state index contributed by atoms with van der Waals surface area (Å²) in [5, 5.41) is 4.31. The Kier molecular flexibility index (Phi) is 8.02. The number of H-pyrrole nitrogens is 1. The van der Waals surface area contributed by atoms with Gasteiger partial charge in [0.15, 0.2) is 0 Å². The minimum Gasteiger partial charge on any atom is -0.465 e. The molecule has 4 aromatic carbocycles. The van der Waals surface area contributed by atoms with Crippen molar-refractivity contribution in [3.8, 4) is 39.7 Å². The number of methoxy groups -OCH3 is 2. The van der Waals surface area contributed by atoms with Crippen LogP contribution in [0.4, 0.5) is 10.5 Å². The molecule has 0 saturated carbocycles. The summed E-state index contributed by atoms with van der Waals surface area (Å²) >= 11 is 0. The molecule has 0 aliphatic heterocycles. The number of aromatic amines is 1. The largest absolute Gasteiger partial charge is 0.465 e. The number of benzene rings is 4. The second-order valence-electron chi connectivity index (χ2n) is 9.93. The lowest BCUT2D eigenvalue weighted by molar-refractivity contribution is 0.0599. The lowest BCUT2D eigenvalue weighted by Crippen LogP contribution is -2.18. The van der Waals surface area contributed by atoms with Crippen LogP contribution in [0.5, 0.6) is 5.75 Å². The molecule has 6 aromatic rings. The van der Waals surface area contributed by atoms with Crippen molar-refractivity contribution in [3.05, 3.63) is 121 Å². The van der Waals surface area contributed by atoms with E-state index in [1.54, 1.807) is 24.5 Å². The van der Waals surface area contributed by atoms with Crippen LogP contribution in [-0.4, -0.2) is 47.2 Å². The predicted octanol–water partition coefficient (Wildman–Crippen LogP) is 7.14. The Morgan fingerprint density at radius 1 is 0.689 bits per heavy atom. The molecular formula is C35H26N4O6. The minimum absolute atomic E-state index is 0.0668. The highest BCUT2D eigenvalue weighted by molar-refractivity contribution is 5.99. The normalized spacial score (nSPS) is 10.7. The molecule has 0 spiro atoms. The number of amides is 1. The molecule has 2 aromatic heterocycles. The van der Waals surface area contributed by atoms with Crippen molar-refractivity contribution in [2.24, 2.45) is 0 Å². The number of aromatic nitrogens is 3. The van der Waals surface area contributed by atoms with Gasteiger partial charge in [-0.3, -0.25) is 10.3 Å². The van der Waals surface area contributed by atoms with Crippen LogP contribution in [0.25, 0.3) is 44.7 Å². The van der Waals surface area contributed by atoms with Crippen molar-refractivity contribution >= 4 is 34.5 Å². The predicted molar refractivity (Wildman–Crippen MR) is 169 cm³/mol. The highest BCUT2D eigenvalue weighted by Gasteiger charge is 2.18. The molecule has 0 unspecified atom stereocenters. The summed E-state index contributed by atoms with van der Waals surface area (Å²) in [4.78, 5) is 49.5. The third-order valence-electron chi connectivity index (χ3n) is 7.04. The third kappa shape index (κ3) is 6.25. The fourth-order valence-corrected chi connectivity index (χ4v) is 4.90. The van der Waals surface area contributed by atoms with Crippen LogP contribution < -0.4 is 10.1 Å². The number of hydrogen-bond donors (Lipinski definition) is 2. The fraction of sp³-hybridized carbons (Fsp3) is 0.0571. The summed E-state index contributed by atoms with van der Waals surface area (Å²) in [6, 6.07) is 29.1. The van der Waals surface area contributed by atoms with Crippen molar-refractivity contribution in [1.82, 2.24) is 15.0 Å². The number of rotatable bonds is 7. The molecule has 2 heterocycles. The molecule has 0 atom stereocenters. The molecule has 0 saturated heterocycles. The molecule has 0 aliphatic rings. The first-order valence-electron chi connectivity index (χ1n) is 13.8. The molecule has 10 heteroatoms. The Bertz CT molecular complexity index is 2010. The highest BCUT2D eigenvalue weighted by atomic mass is 16.6. The van der Waals surface area contributed by atoms with Crippen molar-refractivity contribution in [2.45, 2.75) is 0 Å². The van der Waals surface area contributed by atoms with Crippen LogP contribution in [0.15, 0.2) is 109 Å². The fourth-order valence-electron chi connectivity index (χ4n) is 4.90. The zero-order valence-corrected chi connectivity index (χ0v) is 24.2. The first-order chi connectivity index (χ1) is 21.9. The van der Waals surface area contributed by atoms with Crippen LogP contribution in [-0.2, 0) is 9.47 Å². The first kappa shape index (κ1) is 28.8. The number of esters is 2. The molecule has 10 nitrogen and oxygen atoms in total. The smallest absolute Gasteiger partial charge is 0.417 e. The Morgan fingerprint density at radius 2 is 1.36 bits per heavy atom. The van der Waals surface area contributed by atoms with Gasteiger partial charge in [0, 0.05) is 34.8 Å². The molecule has 222 valence electrons. The molecule has 0 fully saturated rings. The second kappa shape index (κ2) is 12.5. The molecule has 0 aliphatic carbocycles. The van der Waals surface area contributed by atoms with Gasteiger partial charge in [0.05, 0.1) is 36.7 Å². The Labute approximate surface area is 257 Å². The number of nitrogens with one attached hydrogen (secondary N) is 2. The van der Waals surface area contributed by atoms with E-state index in [9.17, 15) is 14.4 Å². The first-order valence-corrected chi connectivity index (χ1v) is 13.8. The van der Waals surface area contributed by atoms with E-state index >= 15 is 0 Å². The van der Waals surface area contributed by atoms with Crippen LogP contribution in [0.3, 0.4) is 0 Å².